The molecule has 1 aromatic rings. The van der Waals surface area contributed by atoms with Crippen LogP contribution in [0.1, 0.15) is 39.2 Å². The van der Waals surface area contributed by atoms with Crippen LogP contribution in [0.25, 0.3) is 0 Å². The van der Waals surface area contributed by atoms with Crippen LogP contribution in [0.15, 0.2) is 23.2 Å². The third-order valence-electron chi connectivity index (χ3n) is 4.94. The third-order valence-corrected chi connectivity index (χ3v) is 5.93. The number of amides is 1. The summed E-state index contributed by atoms with van der Waals surface area (Å²) in [7, 11) is 1.67. The van der Waals surface area contributed by atoms with Crippen LogP contribution in [0.3, 0.4) is 0 Å². The number of thioether (sulfide) groups is 1. The van der Waals surface area contributed by atoms with Gasteiger partial charge in [-0.3, -0.25) is 10.3 Å². The first-order chi connectivity index (χ1) is 12.6. The Kier molecular flexibility index (Phi) is 5.40. The van der Waals surface area contributed by atoms with Crippen molar-refractivity contribution in [3.63, 3.8) is 0 Å². The molecule has 1 aromatic carbocycles. The normalized spacial score (nSPS) is 27.7. The summed E-state index contributed by atoms with van der Waals surface area (Å²) in [5, 5.41) is 3.14. The Morgan fingerprint density at radius 2 is 2.19 bits per heavy atom. The van der Waals surface area contributed by atoms with E-state index in [0.717, 1.165) is 6.42 Å². The van der Waals surface area contributed by atoms with Gasteiger partial charge in [0, 0.05) is 30.0 Å². The number of nitrogens with two attached hydrogens (primary N) is 1. The first-order valence-corrected chi connectivity index (χ1v) is 9.94. The average Bonchev–Trinajstić information content (AvgIpc) is 2.94. The number of methoxy groups -OCH3 is 1. The zero-order valence-corrected chi connectivity index (χ0v) is 16.9. The van der Waals surface area contributed by atoms with E-state index in [9.17, 15) is 9.18 Å². The van der Waals surface area contributed by atoms with Crippen LogP contribution in [0.4, 0.5) is 14.9 Å². The van der Waals surface area contributed by atoms with Crippen molar-refractivity contribution < 1.29 is 18.7 Å². The molecule has 1 fully saturated rings. The summed E-state index contributed by atoms with van der Waals surface area (Å²) in [5.74, 6) is 0.299. The molecule has 0 aromatic heterocycles. The molecular weight excluding hydrogens is 369 g/mol. The lowest BCUT2D eigenvalue weighted by molar-refractivity contribution is 0.0561. The molecule has 3 N–H and O–H groups in total. The lowest BCUT2D eigenvalue weighted by Gasteiger charge is -2.38. The molecule has 27 heavy (non-hydrogen) atoms. The van der Waals surface area contributed by atoms with Crippen LogP contribution in [0, 0.1) is 11.7 Å². The minimum Gasteiger partial charge on any atom is -0.444 e. The summed E-state index contributed by atoms with van der Waals surface area (Å²) in [4.78, 5) is 17.0. The summed E-state index contributed by atoms with van der Waals surface area (Å²) >= 11 is 1.42. The minimum absolute atomic E-state index is 0.00649. The number of hydrogen-bond donors (Lipinski definition) is 2. The number of anilines is 1. The molecular formula is C19H26FN3O3S. The molecule has 3 rings (SSSR count). The Labute approximate surface area is 163 Å². The zero-order chi connectivity index (χ0) is 19.8. The number of ether oxygens (including phenoxy) is 2. The highest BCUT2D eigenvalue weighted by Crippen LogP contribution is 2.52. The number of hydrogen-bond acceptors (Lipinski definition) is 6. The second kappa shape index (κ2) is 7.31. The zero-order valence-electron chi connectivity index (χ0n) is 16.0. The molecule has 6 nitrogen and oxygen atoms in total. The van der Waals surface area contributed by atoms with Crippen molar-refractivity contribution in [2.45, 2.75) is 50.9 Å². The van der Waals surface area contributed by atoms with E-state index in [1.54, 1.807) is 33.9 Å². The maximum atomic E-state index is 14.7. The molecule has 0 spiro atoms. The van der Waals surface area contributed by atoms with Crippen LogP contribution in [0.5, 0.6) is 0 Å². The molecule has 1 aliphatic carbocycles. The highest BCUT2D eigenvalue weighted by molar-refractivity contribution is 8.13. The van der Waals surface area contributed by atoms with E-state index in [1.807, 2.05) is 0 Å². The molecule has 1 amide bonds. The number of carbonyl (C=O) groups is 1. The first-order valence-electron chi connectivity index (χ1n) is 8.95. The van der Waals surface area contributed by atoms with Crippen LogP contribution >= 0.6 is 11.8 Å². The lowest BCUT2D eigenvalue weighted by atomic mass is 9.80. The fourth-order valence-electron chi connectivity index (χ4n) is 3.83. The average molecular weight is 396 g/mol. The molecule has 148 valence electrons. The van der Waals surface area contributed by atoms with Crippen molar-refractivity contribution in [3.8, 4) is 0 Å². The highest BCUT2D eigenvalue weighted by atomic mass is 32.2. The molecule has 8 heteroatoms. The number of halogens is 1. The quantitative estimate of drug-likeness (QED) is 0.747. The fourth-order valence-corrected chi connectivity index (χ4v) is 5.04. The van der Waals surface area contributed by atoms with E-state index in [0.29, 0.717) is 28.6 Å². The summed E-state index contributed by atoms with van der Waals surface area (Å²) in [6, 6.07) is 4.55. The van der Waals surface area contributed by atoms with Crippen molar-refractivity contribution in [2.24, 2.45) is 10.9 Å². The van der Waals surface area contributed by atoms with Crippen LogP contribution in [0.2, 0.25) is 0 Å². The van der Waals surface area contributed by atoms with Crippen molar-refractivity contribution in [1.82, 2.24) is 5.32 Å². The van der Waals surface area contributed by atoms with Crippen molar-refractivity contribution in [1.29, 1.82) is 0 Å². The summed E-state index contributed by atoms with van der Waals surface area (Å²) in [6.07, 6.45) is 0.789. The molecule has 0 bridgehead atoms. The van der Waals surface area contributed by atoms with Gasteiger partial charge in [-0.05, 0) is 51.8 Å². The van der Waals surface area contributed by atoms with Crippen molar-refractivity contribution >= 4 is 28.7 Å². The molecule has 3 atom stereocenters. The highest BCUT2D eigenvalue weighted by Gasteiger charge is 2.53. The molecule has 1 saturated carbocycles. The molecule has 1 aliphatic heterocycles. The number of nitrogens with one attached hydrogen (secondary N) is 1. The van der Waals surface area contributed by atoms with E-state index < -0.39 is 17.2 Å². The second-order valence-corrected chi connectivity index (χ2v) is 8.95. The van der Waals surface area contributed by atoms with Gasteiger partial charge in [0.2, 0.25) is 0 Å². The molecule has 1 heterocycles. The molecule has 0 saturated heterocycles. The Morgan fingerprint density at radius 1 is 1.44 bits per heavy atom. The van der Waals surface area contributed by atoms with Crippen LogP contribution in [-0.2, 0) is 15.0 Å². The van der Waals surface area contributed by atoms with Gasteiger partial charge in [-0.1, -0.05) is 11.8 Å². The number of nitrogen functional groups attached to an aromatic ring is 1. The van der Waals surface area contributed by atoms with Crippen molar-refractivity contribution in [3.05, 3.63) is 29.6 Å². The van der Waals surface area contributed by atoms with Gasteiger partial charge < -0.3 is 15.2 Å². The van der Waals surface area contributed by atoms with Gasteiger partial charge in [-0.15, -0.1) is 0 Å². The second-order valence-electron chi connectivity index (χ2n) is 7.94. The SMILES string of the molecule is COC1CC[C@]2(c3cc(N)ccc3F)N=C(NC(=O)OC(C)(C)C)SC[C@H]12. The summed E-state index contributed by atoms with van der Waals surface area (Å²) in [6.45, 7) is 5.38. The monoisotopic (exact) mass is 395 g/mol. The van der Waals surface area contributed by atoms with Gasteiger partial charge in [0.25, 0.3) is 0 Å². The minimum atomic E-state index is -0.810. The maximum absolute atomic E-state index is 14.7. The van der Waals surface area contributed by atoms with Gasteiger partial charge >= 0.3 is 6.09 Å². The van der Waals surface area contributed by atoms with Gasteiger partial charge in [0.05, 0.1) is 11.6 Å². The van der Waals surface area contributed by atoms with Crippen LogP contribution < -0.4 is 11.1 Å². The largest absolute Gasteiger partial charge is 0.444 e. The van der Waals surface area contributed by atoms with E-state index in [1.165, 1.54) is 23.9 Å². The number of rotatable bonds is 2. The Morgan fingerprint density at radius 3 is 2.85 bits per heavy atom. The number of amidine groups is 1. The summed E-state index contributed by atoms with van der Waals surface area (Å²) in [5.41, 5.74) is 5.44. The van der Waals surface area contributed by atoms with E-state index in [2.05, 4.69) is 5.32 Å². The van der Waals surface area contributed by atoms with Gasteiger partial charge in [-0.25, -0.2) is 9.18 Å². The Bertz CT molecular complexity index is 765. The predicted octanol–water partition coefficient (Wildman–Crippen LogP) is 3.66. The maximum Gasteiger partial charge on any atom is 0.413 e. The van der Waals surface area contributed by atoms with Gasteiger partial charge in [-0.2, -0.15) is 0 Å². The fraction of sp³-hybridized carbons (Fsp3) is 0.579. The number of aliphatic imine (C=N–C) groups is 1. The predicted molar refractivity (Wildman–Crippen MR) is 105 cm³/mol. The molecule has 2 aliphatic rings. The van der Waals surface area contributed by atoms with E-state index >= 15 is 0 Å². The Hall–Kier alpha value is -1.80. The topological polar surface area (TPSA) is 85.9 Å². The smallest absolute Gasteiger partial charge is 0.413 e. The number of carbonyl (C=O) groups excluding carboxylic acids is 1. The standard InChI is InChI=1S/C19H26FN3O3S/c1-18(2,3)26-17(24)22-16-23-19(12-9-11(21)5-6-14(12)20)8-7-15(25-4)13(19)10-27-16/h5-6,9,13,15H,7-8,10,21H2,1-4H3,(H,22,23,24)/t13-,15?,19-/m1/s1. The number of benzene rings is 1. The Balaban J connectivity index is 1.98. The lowest BCUT2D eigenvalue weighted by Crippen LogP contribution is -2.44. The van der Waals surface area contributed by atoms with Gasteiger partial charge in [0.15, 0.2) is 5.17 Å². The van der Waals surface area contributed by atoms with Crippen molar-refractivity contribution in [2.75, 3.05) is 18.6 Å². The first kappa shape index (κ1) is 19.9. The number of alkyl carbamates (subject to hydrolysis) is 1. The number of fused-ring (bicyclic) bond motifs is 1. The van der Waals surface area contributed by atoms with E-state index in [4.69, 9.17) is 20.2 Å². The molecule has 0 radical (unpaired) electrons. The number of nitrogens with zero attached hydrogens (tertiary/aromatic N) is 1. The summed E-state index contributed by atoms with van der Waals surface area (Å²) < 4.78 is 25.7. The molecule has 1 unspecified atom stereocenters. The third kappa shape index (κ3) is 4.06. The van der Waals surface area contributed by atoms with Crippen LogP contribution in [-0.4, -0.2) is 35.8 Å². The van der Waals surface area contributed by atoms with Gasteiger partial charge in [0.1, 0.15) is 11.4 Å². The van der Waals surface area contributed by atoms with E-state index in [-0.39, 0.29) is 17.8 Å².